The lowest BCUT2D eigenvalue weighted by atomic mass is 9.99. The van der Waals surface area contributed by atoms with Crippen LogP contribution < -0.4 is 5.32 Å². The van der Waals surface area contributed by atoms with E-state index in [9.17, 15) is 9.59 Å². The second-order valence-electron chi connectivity index (χ2n) is 5.42. The number of anilines is 1. The molecular weight excluding hydrogens is 338 g/mol. The second-order valence-corrected chi connectivity index (χ2v) is 5.83. The van der Waals surface area contributed by atoms with Crippen molar-refractivity contribution in [3.63, 3.8) is 0 Å². The highest BCUT2D eigenvalue weighted by molar-refractivity contribution is 6.33. The van der Waals surface area contributed by atoms with Gasteiger partial charge in [0.05, 0.1) is 5.56 Å². The fourth-order valence-corrected chi connectivity index (χ4v) is 2.81. The third kappa shape index (κ3) is 3.70. The van der Waals surface area contributed by atoms with E-state index in [1.54, 1.807) is 12.1 Å². The Kier molecular flexibility index (Phi) is 4.82. The quantitative estimate of drug-likeness (QED) is 0.640. The van der Waals surface area contributed by atoms with Crippen LogP contribution in [0.4, 0.5) is 5.69 Å². The number of aromatic carboxylic acids is 1. The van der Waals surface area contributed by atoms with Crippen LogP contribution in [0.25, 0.3) is 22.3 Å². The Morgan fingerprint density at radius 2 is 1.64 bits per heavy atom. The summed E-state index contributed by atoms with van der Waals surface area (Å²) in [6.07, 6.45) is 0.639. The molecule has 0 saturated carbocycles. The molecule has 3 aromatic rings. The molecule has 3 rings (SSSR count). The molecule has 0 aromatic heterocycles. The number of rotatable bonds is 5. The standard InChI is InChI=1S/C20H14ClNO3/c21-19-9-8-16(20(24)25)11-18(19)14-6-4-13(5-7-14)15-2-1-3-17(10-15)22-12-23/h1-12H,(H,22,23)(H,24,25). The first-order valence-corrected chi connectivity index (χ1v) is 7.90. The van der Waals surface area contributed by atoms with Gasteiger partial charge < -0.3 is 10.4 Å². The summed E-state index contributed by atoms with van der Waals surface area (Å²) in [7, 11) is 0. The minimum atomic E-state index is -0.992. The Morgan fingerprint density at radius 1 is 0.920 bits per heavy atom. The summed E-state index contributed by atoms with van der Waals surface area (Å²) in [4.78, 5) is 21.7. The zero-order valence-electron chi connectivity index (χ0n) is 13.1. The SMILES string of the molecule is O=CNc1cccc(-c2ccc(-c3cc(C(=O)O)ccc3Cl)cc2)c1. The van der Waals surface area contributed by atoms with Crippen molar-refractivity contribution in [2.75, 3.05) is 5.32 Å². The van der Waals surface area contributed by atoms with Gasteiger partial charge in [-0.05, 0) is 47.0 Å². The summed E-state index contributed by atoms with van der Waals surface area (Å²) in [5.74, 6) is -0.992. The Balaban J connectivity index is 1.95. The highest BCUT2D eigenvalue weighted by atomic mass is 35.5. The van der Waals surface area contributed by atoms with E-state index in [1.165, 1.54) is 6.07 Å². The van der Waals surface area contributed by atoms with Gasteiger partial charge in [0.15, 0.2) is 0 Å². The third-order valence-electron chi connectivity index (χ3n) is 3.83. The number of hydrogen-bond acceptors (Lipinski definition) is 2. The summed E-state index contributed by atoms with van der Waals surface area (Å²) >= 11 is 6.21. The van der Waals surface area contributed by atoms with E-state index < -0.39 is 5.97 Å². The van der Waals surface area contributed by atoms with Crippen LogP contribution in [0.2, 0.25) is 5.02 Å². The Labute approximate surface area is 149 Å². The normalized spacial score (nSPS) is 10.3. The molecule has 0 aliphatic rings. The number of halogens is 1. The average molecular weight is 352 g/mol. The monoisotopic (exact) mass is 351 g/mol. The van der Waals surface area contributed by atoms with Gasteiger partial charge in [-0.25, -0.2) is 4.79 Å². The van der Waals surface area contributed by atoms with Crippen molar-refractivity contribution in [2.45, 2.75) is 0 Å². The lowest BCUT2D eigenvalue weighted by Gasteiger charge is -2.09. The van der Waals surface area contributed by atoms with Crippen LogP contribution in [0.3, 0.4) is 0 Å². The van der Waals surface area contributed by atoms with Gasteiger partial charge in [-0.15, -0.1) is 0 Å². The fraction of sp³-hybridized carbons (Fsp3) is 0. The highest BCUT2D eigenvalue weighted by Crippen LogP contribution is 2.31. The van der Waals surface area contributed by atoms with Gasteiger partial charge in [0, 0.05) is 16.3 Å². The molecule has 1 amide bonds. The van der Waals surface area contributed by atoms with Crippen molar-refractivity contribution in [2.24, 2.45) is 0 Å². The first kappa shape index (κ1) is 16.7. The van der Waals surface area contributed by atoms with Crippen molar-refractivity contribution in [1.82, 2.24) is 0 Å². The van der Waals surface area contributed by atoms with Crippen molar-refractivity contribution in [1.29, 1.82) is 0 Å². The number of nitrogens with one attached hydrogen (secondary N) is 1. The summed E-state index contributed by atoms with van der Waals surface area (Å²) in [6, 6.07) is 19.8. The minimum Gasteiger partial charge on any atom is -0.478 e. The van der Waals surface area contributed by atoms with Crippen molar-refractivity contribution in [3.8, 4) is 22.3 Å². The van der Waals surface area contributed by atoms with Gasteiger partial charge in [-0.1, -0.05) is 48.0 Å². The summed E-state index contributed by atoms with van der Waals surface area (Å²) in [5, 5.41) is 12.3. The molecule has 25 heavy (non-hydrogen) atoms. The molecule has 0 atom stereocenters. The average Bonchev–Trinajstić information content (AvgIpc) is 2.63. The minimum absolute atomic E-state index is 0.191. The lowest BCUT2D eigenvalue weighted by Crippen LogP contribution is -1.96. The van der Waals surface area contributed by atoms with Crippen LogP contribution in [0, 0.1) is 0 Å². The second kappa shape index (κ2) is 7.20. The van der Waals surface area contributed by atoms with Gasteiger partial charge in [0.1, 0.15) is 0 Å². The molecule has 0 saturated heterocycles. The van der Waals surface area contributed by atoms with Crippen LogP contribution in [-0.2, 0) is 4.79 Å². The molecule has 0 heterocycles. The van der Waals surface area contributed by atoms with Gasteiger partial charge in [-0.2, -0.15) is 0 Å². The van der Waals surface area contributed by atoms with E-state index in [1.807, 2.05) is 48.5 Å². The molecule has 5 heteroatoms. The molecule has 0 fully saturated rings. The largest absolute Gasteiger partial charge is 0.478 e. The van der Waals surface area contributed by atoms with Gasteiger partial charge in [0.2, 0.25) is 6.41 Å². The van der Waals surface area contributed by atoms with E-state index in [2.05, 4.69) is 5.32 Å². The van der Waals surface area contributed by atoms with Crippen molar-refractivity contribution in [3.05, 3.63) is 77.3 Å². The van der Waals surface area contributed by atoms with E-state index in [0.29, 0.717) is 22.7 Å². The van der Waals surface area contributed by atoms with E-state index in [0.717, 1.165) is 16.7 Å². The summed E-state index contributed by atoms with van der Waals surface area (Å²) in [5.41, 5.74) is 4.35. The molecule has 3 aromatic carbocycles. The highest BCUT2D eigenvalue weighted by Gasteiger charge is 2.09. The van der Waals surface area contributed by atoms with E-state index in [-0.39, 0.29) is 5.56 Å². The molecule has 2 N–H and O–H groups in total. The van der Waals surface area contributed by atoms with Crippen LogP contribution in [0.5, 0.6) is 0 Å². The van der Waals surface area contributed by atoms with E-state index in [4.69, 9.17) is 16.7 Å². The number of carbonyl (C=O) groups is 2. The molecular formula is C20H14ClNO3. The van der Waals surface area contributed by atoms with Crippen LogP contribution >= 0.6 is 11.6 Å². The molecule has 0 bridgehead atoms. The molecule has 0 aliphatic carbocycles. The molecule has 0 radical (unpaired) electrons. The Bertz CT molecular complexity index is 936. The van der Waals surface area contributed by atoms with Gasteiger partial charge in [-0.3, -0.25) is 4.79 Å². The first-order valence-electron chi connectivity index (χ1n) is 7.52. The van der Waals surface area contributed by atoms with Crippen LogP contribution in [0.15, 0.2) is 66.7 Å². The first-order chi connectivity index (χ1) is 12.1. The number of hydrogen-bond donors (Lipinski definition) is 2. The number of carbonyl (C=O) groups excluding carboxylic acids is 1. The maximum absolute atomic E-state index is 11.1. The number of carboxylic acids is 1. The summed E-state index contributed by atoms with van der Waals surface area (Å²) < 4.78 is 0. The zero-order valence-corrected chi connectivity index (χ0v) is 13.8. The number of carboxylic acid groups (broad SMARTS) is 1. The predicted octanol–water partition coefficient (Wildman–Crippen LogP) is 4.94. The summed E-state index contributed by atoms with van der Waals surface area (Å²) in [6.45, 7) is 0. The molecule has 124 valence electrons. The zero-order chi connectivity index (χ0) is 17.8. The van der Waals surface area contributed by atoms with E-state index >= 15 is 0 Å². The number of amides is 1. The number of benzene rings is 3. The van der Waals surface area contributed by atoms with Gasteiger partial charge in [0.25, 0.3) is 0 Å². The molecule has 0 spiro atoms. The van der Waals surface area contributed by atoms with Crippen LogP contribution in [0.1, 0.15) is 10.4 Å². The third-order valence-corrected chi connectivity index (χ3v) is 4.16. The maximum Gasteiger partial charge on any atom is 0.335 e. The smallest absolute Gasteiger partial charge is 0.335 e. The van der Waals surface area contributed by atoms with Gasteiger partial charge >= 0.3 is 5.97 Å². The topological polar surface area (TPSA) is 66.4 Å². The van der Waals surface area contributed by atoms with Crippen LogP contribution in [-0.4, -0.2) is 17.5 Å². The Hall–Kier alpha value is -3.11. The Morgan fingerprint density at radius 3 is 2.32 bits per heavy atom. The van der Waals surface area contributed by atoms with Crippen molar-refractivity contribution < 1.29 is 14.7 Å². The lowest BCUT2D eigenvalue weighted by molar-refractivity contribution is -0.105. The molecule has 0 unspecified atom stereocenters. The maximum atomic E-state index is 11.1. The molecule has 4 nitrogen and oxygen atoms in total. The predicted molar refractivity (Wildman–Crippen MR) is 99.0 cm³/mol. The fourth-order valence-electron chi connectivity index (χ4n) is 2.58. The van der Waals surface area contributed by atoms with Crippen molar-refractivity contribution >= 4 is 29.7 Å². The molecule has 0 aliphatic heterocycles.